The van der Waals surface area contributed by atoms with Crippen LogP contribution in [-0.2, 0) is 24.2 Å². The van der Waals surface area contributed by atoms with Gasteiger partial charge in [0.05, 0.1) is 24.0 Å². The lowest BCUT2D eigenvalue weighted by Crippen LogP contribution is -2.26. The molecule has 216 valence electrons. The monoisotopic (exact) mass is 567 g/mol. The molecule has 1 aromatic heterocycles. The van der Waals surface area contributed by atoms with Gasteiger partial charge in [-0.15, -0.1) is 0 Å². The normalized spacial score (nSPS) is 11.2. The van der Waals surface area contributed by atoms with E-state index in [-0.39, 0.29) is 5.91 Å². The molecule has 0 fully saturated rings. The van der Waals surface area contributed by atoms with E-state index in [0.717, 1.165) is 71.3 Å². The highest BCUT2D eigenvalue weighted by Gasteiger charge is 2.11. The largest absolute Gasteiger partial charge is 0.491 e. The summed E-state index contributed by atoms with van der Waals surface area (Å²) >= 11 is 0. The predicted octanol–water partition coefficient (Wildman–Crippen LogP) is 8.01. The third-order valence-corrected chi connectivity index (χ3v) is 7.88. The summed E-state index contributed by atoms with van der Waals surface area (Å²) in [4.78, 5) is 17.4. The highest BCUT2D eigenvalue weighted by Crippen LogP contribution is 2.26. The lowest BCUT2D eigenvalue weighted by Gasteiger charge is -2.12. The van der Waals surface area contributed by atoms with Gasteiger partial charge in [-0.3, -0.25) is 4.79 Å². The smallest absolute Gasteiger partial charge is 0.224 e. The van der Waals surface area contributed by atoms with Crippen LogP contribution in [0.5, 0.6) is 5.75 Å². The molecule has 1 N–H and O–H groups in total. The number of ether oxygens (including phenoxy) is 1. The minimum atomic E-state index is 0.0699. The molecule has 0 spiro atoms. The van der Waals surface area contributed by atoms with Gasteiger partial charge in [-0.1, -0.05) is 110 Å². The van der Waals surface area contributed by atoms with Gasteiger partial charge >= 0.3 is 0 Å². The van der Waals surface area contributed by atoms with Gasteiger partial charge in [-0.2, -0.15) is 0 Å². The first-order valence-corrected chi connectivity index (χ1v) is 15.2. The number of aryl methyl sites for hydroxylation is 1. The van der Waals surface area contributed by atoms with Crippen molar-refractivity contribution >= 4 is 27.7 Å². The standard InChI is InChI=1S/C38H37N3O2/c42-38(28-29-21-23-31(24-22-29)30-12-3-1-4-13-30)39-25-10-2-5-20-37-40-34-17-8-9-18-35(34)41(37)26-27-43-36-19-11-15-32-14-6-7-16-33(32)36/h1,3-4,6-9,11-19,21-24H,2,5,10,20,25-28H2,(H,39,42). The van der Waals surface area contributed by atoms with Crippen LogP contribution in [0, 0.1) is 0 Å². The lowest BCUT2D eigenvalue weighted by atomic mass is 10.0. The van der Waals surface area contributed by atoms with Crippen molar-refractivity contribution < 1.29 is 9.53 Å². The zero-order valence-electron chi connectivity index (χ0n) is 24.4. The molecular weight excluding hydrogens is 530 g/mol. The average molecular weight is 568 g/mol. The van der Waals surface area contributed by atoms with E-state index in [2.05, 4.69) is 76.6 Å². The molecule has 1 amide bonds. The van der Waals surface area contributed by atoms with Crippen molar-refractivity contribution in [2.75, 3.05) is 13.2 Å². The summed E-state index contributed by atoms with van der Waals surface area (Å²) in [6.45, 7) is 2.00. The molecule has 0 saturated carbocycles. The molecule has 6 aromatic rings. The minimum absolute atomic E-state index is 0.0699. The third-order valence-electron chi connectivity index (χ3n) is 7.88. The Morgan fingerprint density at radius 3 is 2.35 bits per heavy atom. The van der Waals surface area contributed by atoms with E-state index >= 15 is 0 Å². The van der Waals surface area contributed by atoms with E-state index in [1.54, 1.807) is 0 Å². The van der Waals surface area contributed by atoms with Crippen LogP contribution < -0.4 is 10.1 Å². The average Bonchev–Trinajstić information content (AvgIpc) is 3.40. The fourth-order valence-electron chi connectivity index (χ4n) is 5.64. The molecule has 0 aliphatic carbocycles. The Morgan fingerprint density at radius 2 is 1.47 bits per heavy atom. The number of nitrogens with one attached hydrogen (secondary N) is 1. The maximum absolute atomic E-state index is 12.5. The number of rotatable bonds is 13. The van der Waals surface area contributed by atoms with Crippen molar-refractivity contribution in [3.63, 3.8) is 0 Å². The number of carbonyl (C=O) groups excluding carboxylic acids is 1. The zero-order chi connectivity index (χ0) is 29.3. The van der Waals surface area contributed by atoms with E-state index < -0.39 is 0 Å². The molecular formula is C38H37N3O2. The number of amides is 1. The van der Waals surface area contributed by atoms with Gasteiger partial charge in [-0.05, 0) is 53.1 Å². The summed E-state index contributed by atoms with van der Waals surface area (Å²) in [6.07, 6.45) is 4.29. The molecule has 1 heterocycles. The molecule has 6 rings (SSSR count). The number of benzene rings is 5. The number of imidazole rings is 1. The zero-order valence-corrected chi connectivity index (χ0v) is 24.4. The number of para-hydroxylation sites is 2. The first kappa shape index (κ1) is 28.2. The number of nitrogens with zero attached hydrogens (tertiary/aromatic N) is 2. The minimum Gasteiger partial charge on any atom is -0.491 e. The molecule has 0 bridgehead atoms. The molecule has 0 aliphatic rings. The van der Waals surface area contributed by atoms with E-state index in [0.29, 0.717) is 19.6 Å². The van der Waals surface area contributed by atoms with Crippen LogP contribution in [0.4, 0.5) is 0 Å². The molecule has 0 aliphatic heterocycles. The van der Waals surface area contributed by atoms with Crippen molar-refractivity contribution in [3.05, 3.63) is 133 Å². The quantitative estimate of drug-likeness (QED) is 0.144. The van der Waals surface area contributed by atoms with Gasteiger partial charge in [0.25, 0.3) is 0 Å². The molecule has 0 saturated heterocycles. The number of aromatic nitrogens is 2. The Bertz CT molecular complexity index is 1790. The number of carbonyl (C=O) groups is 1. The maximum atomic E-state index is 12.5. The van der Waals surface area contributed by atoms with Crippen LogP contribution in [0.25, 0.3) is 32.9 Å². The first-order chi connectivity index (χ1) is 21.2. The SMILES string of the molecule is O=C(Cc1ccc(-c2ccccc2)cc1)NCCCCCc1nc2ccccc2n1CCOc1cccc2ccccc12. The second-order valence-corrected chi connectivity index (χ2v) is 10.9. The Balaban J connectivity index is 0.963. The second kappa shape index (κ2) is 13.8. The van der Waals surface area contributed by atoms with Crippen molar-refractivity contribution in [1.82, 2.24) is 14.9 Å². The van der Waals surface area contributed by atoms with Crippen LogP contribution >= 0.6 is 0 Å². The number of hydrogen-bond donors (Lipinski definition) is 1. The predicted molar refractivity (Wildman–Crippen MR) is 175 cm³/mol. The van der Waals surface area contributed by atoms with Gasteiger partial charge < -0.3 is 14.6 Å². The second-order valence-electron chi connectivity index (χ2n) is 10.9. The third kappa shape index (κ3) is 7.12. The fraction of sp³-hybridized carbons (Fsp3) is 0.211. The van der Waals surface area contributed by atoms with Crippen LogP contribution in [0.2, 0.25) is 0 Å². The Hall–Kier alpha value is -4.90. The topological polar surface area (TPSA) is 56.2 Å². The van der Waals surface area contributed by atoms with Crippen molar-refractivity contribution in [2.45, 2.75) is 38.6 Å². The molecule has 0 atom stereocenters. The molecule has 0 radical (unpaired) electrons. The number of fused-ring (bicyclic) bond motifs is 2. The summed E-state index contributed by atoms with van der Waals surface area (Å²) in [6, 6.07) is 41.4. The molecule has 5 aromatic carbocycles. The van der Waals surface area contributed by atoms with Crippen LogP contribution in [0.3, 0.4) is 0 Å². The summed E-state index contributed by atoms with van der Waals surface area (Å²) in [5, 5.41) is 5.40. The van der Waals surface area contributed by atoms with E-state index in [1.165, 1.54) is 10.9 Å². The summed E-state index contributed by atoms with van der Waals surface area (Å²) in [5.41, 5.74) is 5.54. The summed E-state index contributed by atoms with van der Waals surface area (Å²) in [5.74, 6) is 2.07. The first-order valence-electron chi connectivity index (χ1n) is 15.2. The summed E-state index contributed by atoms with van der Waals surface area (Å²) < 4.78 is 8.55. The summed E-state index contributed by atoms with van der Waals surface area (Å²) in [7, 11) is 0. The van der Waals surface area contributed by atoms with Gasteiger partial charge in [0.1, 0.15) is 18.2 Å². The highest BCUT2D eigenvalue weighted by atomic mass is 16.5. The van der Waals surface area contributed by atoms with Gasteiger partial charge in [0.2, 0.25) is 5.91 Å². The highest BCUT2D eigenvalue weighted by molar-refractivity contribution is 5.88. The lowest BCUT2D eigenvalue weighted by molar-refractivity contribution is -0.120. The van der Waals surface area contributed by atoms with Crippen LogP contribution in [-0.4, -0.2) is 28.6 Å². The molecule has 5 nitrogen and oxygen atoms in total. The van der Waals surface area contributed by atoms with Gasteiger partial charge in [0, 0.05) is 18.4 Å². The Kier molecular flexibility index (Phi) is 9.09. The van der Waals surface area contributed by atoms with Gasteiger partial charge in [0.15, 0.2) is 0 Å². The number of unbranched alkanes of at least 4 members (excludes halogenated alkanes) is 2. The maximum Gasteiger partial charge on any atom is 0.224 e. The Labute approximate surface area is 253 Å². The van der Waals surface area contributed by atoms with Crippen molar-refractivity contribution in [1.29, 1.82) is 0 Å². The van der Waals surface area contributed by atoms with Crippen molar-refractivity contribution in [3.8, 4) is 16.9 Å². The molecule has 0 unspecified atom stereocenters. The number of hydrogen-bond acceptors (Lipinski definition) is 3. The fourth-order valence-corrected chi connectivity index (χ4v) is 5.64. The van der Waals surface area contributed by atoms with Gasteiger partial charge in [-0.25, -0.2) is 4.98 Å². The van der Waals surface area contributed by atoms with E-state index in [4.69, 9.17) is 9.72 Å². The van der Waals surface area contributed by atoms with Crippen LogP contribution in [0.1, 0.15) is 30.7 Å². The Morgan fingerprint density at radius 1 is 0.721 bits per heavy atom. The van der Waals surface area contributed by atoms with E-state index in [9.17, 15) is 4.79 Å². The van der Waals surface area contributed by atoms with Crippen molar-refractivity contribution in [2.24, 2.45) is 0 Å². The van der Waals surface area contributed by atoms with E-state index in [1.807, 2.05) is 54.6 Å². The van der Waals surface area contributed by atoms with Crippen LogP contribution in [0.15, 0.2) is 121 Å². The molecule has 43 heavy (non-hydrogen) atoms. The molecule has 5 heteroatoms.